The number of aromatic nitrogens is 3. The summed E-state index contributed by atoms with van der Waals surface area (Å²) in [6, 6.07) is 10.7. The monoisotopic (exact) mass is 392 g/mol. The highest BCUT2D eigenvalue weighted by atomic mass is 16.3. The molecule has 2 heterocycles. The van der Waals surface area contributed by atoms with E-state index in [0.717, 1.165) is 11.8 Å². The Labute approximate surface area is 171 Å². The molecule has 1 unspecified atom stereocenters. The molecular formula is C22H28N6O. The van der Waals surface area contributed by atoms with Crippen molar-refractivity contribution in [3.63, 3.8) is 0 Å². The Hall–Kier alpha value is -3.09. The minimum atomic E-state index is 0.185. The second-order valence-electron chi connectivity index (χ2n) is 7.43. The van der Waals surface area contributed by atoms with Gasteiger partial charge in [0.25, 0.3) is 0 Å². The van der Waals surface area contributed by atoms with E-state index in [0.29, 0.717) is 24.6 Å². The molecular weight excluding hydrogens is 364 g/mol. The number of benzene rings is 1. The molecule has 7 nitrogen and oxygen atoms in total. The van der Waals surface area contributed by atoms with Crippen LogP contribution < -0.4 is 10.6 Å². The number of fused-ring (bicyclic) bond motifs is 1. The van der Waals surface area contributed by atoms with Crippen LogP contribution in [-0.2, 0) is 19.3 Å². The third-order valence-corrected chi connectivity index (χ3v) is 5.38. The molecule has 3 aromatic rings. The van der Waals surface area contributed by atoms with Gasteiger partial charge in [0.1, 0.15) is 5.82 Å². The van der Waals surface area contributed by atoms with Crippen LogP contribution in [0.15, 0.2) is 46.0 Å². The maximum Gasteiger partial charge on any atom is 0.216 e. The third kappa shape index (κ3) is 4.67. The molecule has 0 saturated carbocycles. The molecule has 0 aliphatic heterocycles. The summed E-state index contributed by atoms with van der Waals surface area (Å²) in [5.41, 5.74) is 4.31. The molecule has 0 fully saturated rings. The van der Waals surface area contributed by atoms with Gasteiger partial charge >= 0.3 is 0 Å². The molecule has 0 saturated heterocycles. The van der Waals surface area contributed by atoms with Crippen molar-refractivity contribution in [2.24, 2.45) is 4.99 Å². The minimum Gasteiger partial charge on any atom is -0.461 e. The van der Waals surface area contributed by atoms with Crippen molar-refractivity contribution in [2.45, 2.75) is 45.1 Å². The van der Waals surface area contributed by atoms with Crippen LogP contribution in [0.3, 0.4) is 0 Å². The highest BCUT2D eigenvalue weighted by Gasteiger charge is 2.14. The highest BCUT2D eigenvalue weighted by Crippen LogP contribution is 2.24. The molecule has 29 heavy (non-hydrogen) atoms. The van der Waals surface area contributed by atoms with Gasteiger partial charge in [-0.1, -0.05) is 18.2 Å². The van der Waals surface area contributed by atoms with Crippen molar-refractivity contribution in [3.05, 3.63) is 59.1 Å². The molecule has 0 spiro atoms. The first-order valence-corrected chi connectivity index (χ1v) is 10.3. The Morgan fingerprint density at radius 3 is 2.90 bits per heavy atom. The molecule has 3 N–H and O–H groups in total. The fourth-order valence-electron chi connectivity index (χ4n) is 3.73. The van der Waals surface area contributed by atoms with E-state index in [9.17, 15) is 0 Å². The standard InChI is InChI=1S/C22H28N6O/c1-15(17-10-9-16-6-3-4-7-18(16)14-17)25-22(23-2)24-12-11-20-26-21(28-27-20)19-8-5-13-29-19/h5,8-10,13-15H,3-4,6-7,11-12H2,1-2H3,(H2,23,24,25)(H,26,27,28). The van der Waals surface area contributed by atoms with Crippen molar-refractivity contribution in [3.8, 4) is 11.6 Å². The van der Waals surface area contributed by atoms with Gasteiger partial charge in [-0.3, -0.25) is 10.1 Å². The van der Waals surface area contributed by atoms with Gasteiger partial charge in [0.05, 0.1) is 12.3 Å². The van der Waals surface area contributed by atoms with Crippen LogP contribution in [0.25, 0.3) is 11.6 Å². The number of aromatic amines is 1. The second kappa shape index (κ2) is 8.94. The Bertz CT molecular complexity index is 960. The lowest BCUT2D eigenvalue weighted by Gasteiger charge is -2.21. The number of nitrogens with one attached hydrogen (secondary N) is 3. The third-order valence-electron chi connectivity index (χ3n) is 5.38. The van der Waals surface area contributed by atoms with E-state index in [2.05, 4.69) is 55.9 Å². The first kappa shape index (κ1) is 19.2. The summed E-state index contributed by atoms with van der Waals surface area (Å²) in [4.78, 5) is 8.82. The SMILES string of the molecule is CN=C(NCCc1nc(-c2ccco2)n[nH]1)NC(C)c1ccc2c(c1)CCCC2. The molecule has 7 heteroatoms. The maximum absolute atomic E-state index is 5.32. The van der Waals surface area contributed by atoms with E-state index in [1.165, 1.54) is 42.4 Å². The second-order valence-corrected chi connectivity index (χ2v) is 7.43. The molecule has 152 valence electrons. The molecule has 1 aliphatic rings. The van der Waals surface area contributed by atoms with Gasteiger partial charge in [-0.2, -0.15) is 5.10 Å². The lowest BCUT2D eigenvalue weighted by molar-refractivity contribution is 0.577. The van der Waals surface area contributed by atoms with Crippen molar-refractivity contribution in [1.82, 2.24) is 25.8 Å². The summed E-state index contributed by atoms with van der Waals surface area (Å²) < 4.78 is 5.32. The van der Waals surface area contributed by atoms with E-state index >= 15 is 0 Å². The number of aliphatic imine (C=N–C) groups is 1. The fraction of sp³-hybridized carbons (Fsp3) is 0.409. The molecule has 1 aliphatic carbocycles. The number of hydrogen-bond acceptors (Lipinski definition) is 4. The normalized spacial score (nSPS) is 15.0. The number of guanidine groups is 1. The van der Waals surface area contributed by atoms with E-state index in [4.69, 9.17) is 4.42 Å². The number of aryl methyl sites for hydroxylation is 2. The predicted molar refractivity (Wildman–Crippen MR) is 114 cm³/mol. The first-order valence-electron chi connectivity index (χ1n) is 10.3. The van der Waals surface area contributed by atoms with Gasteiger partial charge in [0, 0.05) is 20.0 Å². The lowest BCUT2D eigenvalue weighted by atomic mass is 9.89. The topological polar surface area (TPSA) is 91.1 Å². The van der Waals surface area contributed by atoms with Crippen molar-refractivity contribution < 1.29 is 4.42 Å². The van der Waals surface area contributed by atoms with Crippen LogP contribution in [0, 0.1) is 0 Å². The van der Waals surface area contributed by atoms with Gasteiger partial charge in [-0.15, -0.1) is 0 Å². The van der Waals surface area contributed by atoms with E-state index < -0.39 is 0 Å². The van der Waals surface area contributed by atoms with Gasteiger partial charge in [-0.05, 0) is 61.4 Å². The summed E-state index contributed by atoms with van der Waals surface area (Å²) in [5.74, 6) is 2.83. The van der Waals surface area contributed by atoms with Crippen molar-refractivity contribution in [2.75, 3.05) is 13.6 Å². The predicted octanol–water partition coefficient (Wildman–Crippen LogP) is 3.41. The maximum atomic E-state index is 5.32. The quantitative estimate of drug-likeness (QED) is 0.442. The molecule has 4 rings (SSSR count). The molecule has 1 atom stereocenters. The Morgan fingerprint density at radius 1 is 1.24 bits per heavy atom. The zero-order valence-corrected chi connectivity index (χ0v) is 17.0. The minimum absolute atomic E-state index is 0.185. The summed E-state index contributed by atoms with van der Waals surface area (Å²) in [7, 11) is 1.79. The summed E-state index contributed by atoms with van der Waals surface area (Å²) in [5, 5.41) is 14.0. The summed E-state index contributed by atoms with van der Waals surface area (Å²) >= 11 is 0. The average molecular weight is 393 g/mol. The van der Waals surface area contributed by atoms with Crippen LogP contribution in [0.1, 0.15) is 48.3 Å². The zero-order chi connectivity index (χ0) is 20.1. The molecule has 0 amide bonds. The zero-order valence-electron chi connectivity index (χ0n) is 17.0. The molecule has 1 aromatic carbocycles. The summed E-state index contributed by atoms with van der Waals surface area (Å²) in [6.45, 7) is 2.87. The molecule has 0 bridgehead atoms. The average Bonchev–Trinajstić information content (AvgIpc) is 3.44. The molecule has 2 aromatic heterocycles. The Balaban J connectivity index is 1.29. The smallest absolute Gasteiger partial charge is 0.216 e. The number of hydrogen-bond donors (Lipinski definition) is 3. The number of H-pyrrole nitrogens is 1. The van der Waals surface area contributed by atoms with Crippen molar-refractivity contribution in [1.29, 1.82) is 0 Å². The van der Waals surface area contributed by atoms with Crippen molar-refractivity contribution >= 4 is 5.96 Å². The van der Waals surface area contributed by atoms with Crippen LogP contribution >= 0.6 is 0 Å². The Kier molecular flexibility index (Phi) is 5.93. The van der Waals surface area contributed by atoms with Gasteiger partial charge in [0.2, 0.25) is 5.82 Å². The lowest BCUT2D eigenvalue weighted by Crippen LogP contribution is -2.39. The number of nitrogens with zero attached hydrogens (tertiary/aromatic N) is 3. The fourth-order valence-corrected chi connectivity index (χ4v) is 3.73. The van der Waals surface area contributed by atoms with E-state index in [1.807, 2.05) is 12.1 Å². The van der Waals surface area contributed by atoms with Crippen LogP contribution in [-0.4, -0.2) is 34.7 Å². The van der Waals surface area contributed by atoms with Crippen LogP contribution in [0.4, 0.5) is 0 Å². The number of furan rings is 1. The van der Waals surface area contributed by atoms with Gasteiger partial charge < -0.3 is 15.1 Å². The van der Waals surface area contributed by atoms with Gasteiger partial charge in [-0.25, -0.2) is 4.98 Å². The van der Waals surface area contributed by atoms with E-state index in [-0.39, 0.29) is 6.04 Å². The Morgan fingerprint density at radius 2 is 2.10 bits per heavy atom. The largest absolute Gasteiger partial charge is 0.461 e. The number of rotatable bonds is 6. The molecule has 0 radical (unpaired) electrons. The van der Waals surface area contributed by atoms with Crippen LogP contribution in [0.5, 0.6) is 0 Å². The van der Waals surface area contributed by atoms with Crippen LogP contribution in [0.2, 0.25) is 0 Å². The highest BCUT2D eigenvalue weighted by molar-refractivity contribution is 5.80. The van der Waals surface area contributed by atoms with Gasteiger partial charge in [0.15, 0.2) is 11.7 Å². The van der Waals surface area contributed by atoms with E-state index in [1.54, 1.807) is 13.3 Å². The summed E-state index contributed by atoms with van der Waals surface area (Å²) in [6.07, 6.45) is 7.34. The first-order chi connectivity index (χ1) is 14.2.